The van der Waals surface area contributed by atoms with Gasteiger partial charge in [0, 0.05) is 0 Å². The Balaban J connectivity index is 1.88. The van der Waals surface area contributed by atoms with Crippen molar-refractivity contribution >= 4 is 27.3 Å². The van der Waals surface area contributed by atoms with Gasteiger partial charge in [-0.05, 0) is 43.3 Å². The van der Waals surface area contributed by atoms with Gasteiger partial charge in [-0.25, -0.2) is 8.42 Å². The molecular formula is C21H20N2O4S. The van der Waals surface area contributed by atoms with Crippen LogP contribution in [-0.2, 0) is 10.0 Å². The molecule has 3 aromatic carbocycles. The van der Waals surface area contributed by atoms with E-state index in [1.807, 2.05) is 6.92 Å². The van der Waals surface area contributed by atoms with Crippen LogP contribution in [0, 0.1) is 6.92 Å². The Morgan fingerprint density at radius 1 is 0.857 bits per heavy atom. The summed E-state index contributed by atoms with van der Waals surface area (Å²) in [6.45, 7) is 1.88. The molecule has 0 aliphatic rings. The second-order valence-electron chi connectivity index (χ2n) is 6.12. The lowest BCUT2D eigenvalue weighted by Gasteiger charge is -2.14. The van der Waals surface area contributed by atoms with Gasteiger partial charge in [0.25, 0.3) is 15.9 Å². The predicted octanol–water partition coefficient (Wildman–Crippen LogP) is 4.06. The van der Waals surface area contributed by atoms with E-state index in [0.717, 1.165) is 5.56 Å². The maximum Gasteiger partial charge on any atom is 0.261 e. The largest absolute Gasteiger partial charge is 0.495 e. The third-order valence-electron chi connectivity index (χ3n) is 4.10. The average molecular weight is 396 g/mol. The number of carbonyl (C=O) groups is 1. The van der Waals surface area contributed by atoms with Crippen LogP contribution in [-0.4, -0.2) is 21.4 Å². The maximum atomic E-state index is 12.8. The first-order valence-corrected chi connectivity index (χ1v) is 10.0. The Morgan fingerprint density at radius 2 is 1.46 bits per heavy atom. The van der Waals surface area contributed by atoms with Crippen molar-refractivity contribution in [2.75, 3.05) is 17.1 Å². The highest BCUT2D eigenvalue weighted by molar-refractivity contribution is 7.92. The first-order chi connectivity index (χ1) is 13.4. The minimum absolute atomic E-state index is 0.123. The van der Waals surface area contributed by atoms with Crippen LogP contribution in [0.2, 0.25) is 0 Å². The number of methoxy groups -OCH3 is 1. The smallest absolute Gasteiger partial charge is 0.261 e. The van der Waals surface area contributed by atoms with Crippen LogP contribution in [0.1, 0.15) is 15.9 Å². The molecule has 28 heavy (non-hydrogen) atoms. The summed E-state index contributed by atoms with van der Waals surface area (Å²) >= 11 is 0. The zero-order valence-corrected chi connectivity index (χ0v) is 16.3. The molecule has 0 aromatic heterocycles. The number of sulfonamides is 1. The van der Waals surface area contributed by atoms with Crippen molar-refractivity contribution in [2.45, 2.75) is 11.8 Å². The van der Waals surface area contributed by atoms with Crippen LogP contribution in [0.15, 0.2) is 77.7 Å². The van der Waals surface area contributed by atoms with Gasteiger partial charge in [-0.1, -0.05) is 42.0 Å². The summed E-state index contributed by atoms with van der Waals surface area (Å²) in [4.78, 5) is 12.9. The fourth-order valence-corrected chi connectivity index (χ4v) is 3.71. The molecule has 0 aliphatic heterocycles. The first-order valence-electron chi connectivity index (χ1n) is 8.53. The quantitative estimate of drug-likeness (QED) is 0.658. The van der Waals surface area contributed by atoms with Gasteiger partial charge in [-0.2, -0.15) is 0 Å². The van der Waals surface area contributed by atoms with Crippen molar-refractivity contribution in [1.82, 2.24) is 0 Å². The number of para-hydroxylation sites is 3. The lowest BCUT2D eigenvalue weighted by atomic mass is 10.1. The van der Waals surface area contributed by atoms with E-state index >= 15 is 0 Å². The number of carbonyl (C=O) groups excluding carboxylic acids is 1. The molecule has 1 amide bonds. The zero-order chi connectivity index (χ0) is 20.1. The molecule has 0 fully saturated rings. The third kappa shape index (κ3) is 4.32. The van der Waals surface area contributed by atoms with Gasteiger partial charge in [0.2, 0.25) is 0 Å². The van der Waals surface area contributed by atoms with E-state index in [9.17, 15) is 13.2 Å². The molecule has 0 radical (unpaired) electrons. The number of anilines is 2. The molecule has 0 heterocycles. The number of ether oxygens (including phenoxy) is 1. The van der Waals surface area contributed by atoms with Crippen LogP contribution in [0.3, 0.4) is 0 Å². The van der Waals surface area contributed by atoms with E-state index in [1.54, 1.807) is 60.7 Å². The van der Waals surface area contributed by atoms with E-state index in [-0.39, 0.29) is 16.1 Å². The van der Waals surface area contributed by atoms with Crippen molar-refractivity contribution in [1.29, 1.82) is 0 Å². The van der Waals surface area contributed by atoms with Crippen molar-refractivity contribution in [3.8, 4) is 5.75 Å². The topological polar surface area (TPSA) is 84.5 Å². The molecule has 0 atom stereocenters. The second kappa shape index (κ2) is 8.14. The fourth-order valence-electron chi connectivity index (χ4n) is 2.63. The lowest BCUT2D eigenvalue weighted by Crippen LogP contribution is -2.18. The highest BCUT2D eigenvalue weighted by Gasteiger charge is 2.19. The number of hydrogen-bond donors (Lipinski definition) is 2. The van der Waals surface area contributed by atoms with Gasteiger partial charge >= 0.3 is 0 Å². The van der Waals surface area contributed by atoms with Crippen molar-refractivity contribution in [3.05, 3.63) is 83.9 Å². The number of amides is 1. The van der Waals surface area contributed by atoms with E-state index < -0.39 is 15.9 Å². The minimum Gasteiger partial charge on any atom is -0.495 e. The lowest BCUT2D eigenvalue weighted by molar-refractivity contribution is 0.102. The van der Waals surface area contributed by atoms with Gasteiger partial charge < -0.3 is 10.1 Å². The van der Waals surface area contributed by atoms with Gasteiger partial charge in [-0.3, -0.25) is 9.52 Å². The maximum absolute atomic E-state index is 12.8. The number of hydrogen-bond acceptors (Lipinski definition) is 4. The van der Waals surface area contributed by atoms with Gasteiger partial charge in [0.1, 0.15) is 5.75 Å². The number of benzene rings is 3. The van der Waals surface area contributed by atoms with E-state index in [1.165, 1.54) is 19.2 Å². The second-order valence-corrected chi connectivity index (χ2v) is 7.80. The van der Waals surface area contributed by atoms with Crippen LogP contribution >= 0.6 is 0 Å². The standard InChI is InChI=1S/C21H20N2O4S/c1-15-11-13-16(14-12-15)28(25,26)23-18-8-4-3-7-17(18)21(24)22-19-9-5-6-10-20(19)27-2/h3-14,23H,1-2H3,(H,22,24). The molecule has 3 rings (SSSR count). The summed E-state index contributed by atoms with van der Waals surface area (Å²) in [5.74, 6) is 0.0558. The summed E-state index contributed by atoms with van der Waals surface area (Å²) < 4.78 is 33.1. The summed E-state index contributed by atoms with van der Waals surface area (Å²) in [6, 6.07) is 19.9. The minimum atomic E-state index is -3.83. The average Bonchev–Trinajstić information content (AvgIpc) is 2.69. The summed E-state index contributed by atoms with van der Waals surface area (Å²) in [5.41, 5.74) is 1.83. The summed E-state index contributed by atoms with van der Waals surface area (Å²) in [7, 11) is -2.32. The molecule has 0 spiro atoms. The summed E-state index contributed by atoms with van der Waals surface area (Å²) in [6.07, 6.45) is 0. The molecule has 0 saturated carbocycles. The molecule has 0 saturated heterocycles. The molecule has 6 nitrogen and oxygen atoms in total. The number of aryl methyl sites for hydroxylation is 1. The molecule has 2 N–H and O–H groups in total. The van der Waals surface area contributed by atoms with Crippen LogP contribution in [0.4, 0.5) is 11.4 Å². The van der Waals surface area contributed by atoms with Crippen LogP contribution in [0.25, 0.3) is 0 Å². The Kier molecular flexibility index (Phi) is 5.65. The Hall–Kier alpha value is -3.32. The molecule has 7 heteroatoms. The van der Waals surface area contributed by atoms with Crippen molar-refractivity contribution < 1.29 is 17.9 Å². The van der Waals surface area contributed by atoms with Crippen molar-refractivity contribution in [3.63, 3.8) is 0 Å². The number of nitrogens with one attached hydrogen (secondary N) is 2. The van der Waals surface area contributed by atoms with Gasteiger partial charge in [-0.15, -0.1) is 0 Å². The number of rotatable bonds is 6. The van der Waals surface area contributed by atoms with E-state index in [0.29, 0.717) is 11.4 Å². The SMILES string of the molecule is COc1ccccc1NC(=O)c1ccccc1NS(=O)(=O)c1ccc(C)cc1. The molecule has 0 unspecified atom stereocenters. The monoisotopic (exact) mass is 396 g/mol. The molecule has 0 bridgehead atoms. The Bertz CT molecular complexity index is 1090. The normalized spacial score (nSPS) is 10.9. The summed E-state index contributed by atoms with van der Waals surface area (Å²) in [5, 5.41) is 2.75. The van der Waals surface area contributed by atoms with Crippen LogP contribution < -0.4 is 14.8 Å². The van der Waals surface area contributed by atoms with Crippen molar-refractivity contribution in [2.24, 2.45) is 0 Å². The van der Waals surface area contributed by atoms with E-state index in [4.69, 9.17) is 4.74 Å². The zero-order valence-electron chi connectivity index (χ0n) is 15.5. The Morgan fingerprint density at radius 3 is 2.14 bits per heavy atom. The van der Waals surface area contributed by atoms with E-state index in [2.05, 4.69) is 10.0 Å². The third-order valence-corrected chi connectivity index (χ3v) is 5.48. The predicted molar refractivity (Wildman–Crippen MR) is 109 cm³/mol. The first kappa shape index (κ1) is 19.4. The molecule has 3 aromatic rings. The highest BCUT2D eigenvalue weighted by atomic mass is 32.2. The Labute approximate surface area is 164 Å². The van der Waals surface area contributed by atoms with Gasteiger partial charge in [0.05, 0.1) is 28.9 Å². The highest BCUT2D eigenvalue weighted by Crippen LogP contribution is 2.26. The molecule has 0 aliphatic carbocycles. The molecule has 144 valence electrons. The molecular weight excluding hydrogens is 376 g/mol. The van der Waals surface area contributed by atoms with Gasteiger partial charge in [0.15, 0.2) is 0 Å². The van der Waals surface area contributed by atoms with Crippen LogP contribution in [0.5, 0.6) is 5.75 Å². The fraction of sp³-hybridized carbons (Fsp3) is 0.0952.